The lowest BCUT2D eigenvalue weighted by molar-refractivity contribution is -0.895. The molecule has 0 spiro atoms. The molecule has 0 radical (unpaired) electrons. The third-order valence-electron chi connectivity index (χ3n) is 16.5. The standard InChI is InChI=1S/C56H67F2N9O5/c1-34(68)65-26-22-47-46(33-65)51(66-23-8-9-36-27-44(38-31-60-63(6)32-38)45(50(57)58)29-48(36)66)62-67(47)40-15-18-41(19-16-40)71-42-20-24-64(25-21-42)39-13-10-35(11-14-39)52(69)61-53-55(2,3)54(56(53,4)5)72-43-17-12-37(30-59)49(28-43)70-7/h10-14,17,27-29,31-32,40-42,50,53-54H,8-9,15-16,18-26,33H2,1-7H3,(H,61,69)/p+1. The Labute approximate surface area is 421 Å². The SMILES string of the molecule is COc1cc(OC2C(C)(C)C(NC(=O)c3ccc(N4CCC(OC5CCC([NH+]6N=C(N7CCCc8cc(-c9cnn(C)c9)c(C(F)F)cc87)C7=C6CCN(C(C)=O)C7)CC5)CC4)cc3)C2(C)C)ccc1C#N. The average molecular weight is 985 g/mol. The van der Waals surface area contributed by atoms with Crippen molar-refractivity contribution in [2.45, 2.75) is 129 Å². The quantitative estimate of drug-likeness (QED) is 0.153. The van der Waals surface area contributed by atoms with Crippen molar-refractivity contribution >= 4 is 29.0 Å². The smallest absolute Gasteiger partial charge is 0.264 e. The lowest BCUT2D eigenvalue weighted by Gasteiger charge is -2.63. The molecule has 1 saturated heterocycles. The molecule has 4 aromatic rings. The Balaban J connectivity index is 0.736. The number of fused-ring (bicyclic) bond motifs is 1. The van der Waals surface area contributed by atoms with Gasteiger partial charge in [-0.25, -0.2) is 8.78 Å². The summed E-state index contributed by atoms with van der Waals surface area (Å²) in [5.41, 5.74) is 6.70. The number of carbonyl (C=O) groups excluding carboxylic acids is 2. The fourth-order valence-corrected chi connectivity index (χ4v) is 13.0. The summed E-state index contributed by atoms with van der Waals surface area (Å²) < 4.78 is 49.9. The molecule has 14 nitrogen and oxygen atoms in total. The zero-order chi connectivity index (χ0) is 50.6. The molecule has 3 fully saturated rings. The average Bonchev–Trinajstić information content (AvgIpc) is 4.00. The van der Waals surface area contributed by atoms with Crippen LogP contribution in [0.15, 0.2) is 83.4 Å². The van der Waals surface area contributed by atoms with Crippen molar-refractivity contribution in [2.75, 3.05) is 49.6 Å². The summed E-state index contributed by atoms with van der Waals surface area (Å²) in [7, 11) is 3.33. The van der Waals surface area contributed by atoms with Crippen LogP contribution in [0.25, 0.3) is 11.1 Å². The molecule has 1 aromatic heterocycles. The normalized spacial score (nSPS) is 24.8. The number of methoxy groups -OCH3 is 1. The predicted octanol–water partition coefficient (Wildman–Crippen LogP) is 7.98. The molecule has 0 bridgehead atoms. The van der Waals surface area contributed by atoms with Crippen molar-refractivity contribution in [1.29, 1.82) is 5.26 Å². The number of halogens is 2. The third-order valence-corrected chi connectivity index (χ3v) is 16.5. The summed E-state index contributed by atoms with van der Waals surface area (Å²) in [6.45, 7) is 13.6. The Bertz CT molecular complexity index is 2800. The fourth-order valence-electron chi connectivity index (χ4n) is 13.0. The van der Waals surface area contributed by atoms with E-state index in [2.05, 4.69) is 54.0 Å². The van der Waals surface area contributed by atoms with E-state index in [1.807, 2.05) is 35.2 Å². The van der Waals surface area contributed by atoms with Crippen LogP contribution in [0.4, 0.5) is 20.2 Å². The van der Waals surface area contributed by atoms with Gasteiger partial charge in [-0.2, -0.15) is 15.4 Å². The third kappa shape index (κ3) is 9.23. The maximum Gasteiger partial charge on any atom is 0.264 e. The molecule has 10 rings (SSSR count). The van der Waals surface area contributed by atoms with Crippen LogP contribution in [-0.2, 0) is 23.0 Å². The summed E-state index contributed by atoms with van der Waals surface area (Å²) >= 11 is 0. The fraction of sp³-hybridized carbons (Fsp3) is 0.518. The van der Waals surface area contributed by atoms with Crippen molar-refractivity contribution in [2.24, 2.45) is 23.0 Å². The number of alkyl halides is 2. The van der Waals surface area contributed by atoms with Gasteiger partial charge in [-0.15, -0.1) is 0 Å². The summed E-state index contributed by atoms with van der Waals surface area (Å²) in [6.07, 6.45) is 8.99. The number of rotatable bonds is 11. The second-order valence-electron chi connectivity index (χ2n) is 21.9. The molecule has 3 aromatic carbocycles. The van der Waals surface area contributed by atoms with E-state index in [0.717, 1.165) is 104 Å². The Morgan fingerprint density at radius 2 is 1.64 bits per heavy atom. The van der Waals surface area contributed by atoms with Crippen LogP contribution in [-0.4, -0.2) is 103 Å². The van der Waals surface area contributed by atoms with Crippen LogP contribution in [0.3, 0.4) is 0 Å². The van der Waals surface area contributed by atoms with E-state index < -0.39 is 6.43 Å². The maximum absolute atomic E-state index is 14.8. The van der Waals surface area contributed by atoms with Gasteiger partial charge in [-0.3, -0.25) is 14.3 Å². The topological polar surface area (TPSA) is 142 Å². The Morgan fingerprint density at radius 3 is 2.29 bits per heavy atom. The minimum Gasteiger partial charge on any atom is -0.495 e. The van der Waals surface area contributed by atoms with E-state index in [0.29, 0.717) is 53.4 Å². The number of amidine groups is 1. The summed E-state index contributed by atoms with van der Waals surface area (Å²) in [5, 5.41) is 23.5. The van der Waals surface area contributed by atoms with Gasteiger partial charge >= 0.3 is 0 Å². The predicted molar refractivity (Wildman–Crippen MR) is 271 cm³/mol. The highest BCUT2D eigenvalue weighted by Gasteiger charge is 2.64. The number of benzene rings is 3. The maximum atomic E-state index is 14.8. The zero-order valence-electron chi connectivity index (χ0n) is 42.6. The molecular formula is C56H68F2N9O5+. The minimum atomic E-state index is -2.66. The minimum absolute atomic E-state index is 0.0102. The van der Waals surface area contributed by atoms with Gasteiger partial charge in [-0.05, 0) is 98.2 Å². The molecule has 1 unspecified atom stereocenters. The van der Waals surface area contributed by atoms with E-state index in [9.17, 15) is 23.6 Å². The molecule has 380 valence electrons. The highest BCUT2D eigenvalue weighted by Crippen LogP contribution is 2.56. The number of hydrogen-bond donors (Lipinski definition) is 2. The van der Waals surface area contributed by atoms with Gasteiger partial charge in [0, 0.05) is 117 Å². The Morgan fingerprint density at radius 1 is 0.917 bits per heavy atom. The number of quaternary nitrogens is 1. The number of anilines is 2. The molecule has 2 aliphatic carbocycles. The van der Waals surface area contributed by atoms with Gasteiger partial charge in [0.1, 0.15) is 35.4 Å². The highest BCUT2D eigenvalue weighted by atomic mass is 19.3. The van der Waals surface area contributed by atoms with Gasteiger partial charge in [0.05, 0.1) is 43.2 Å². The van der Waals surface area contributed by atoms with Gasteiger partial charge in [-0.1, -0.05) is 32.8 Å². The number of nitrogens with zero attached hydrogens (tertiary/aromatic N) is 7. The molecule has 72 heavy (non-hydrogen) atoms. The number of aryl methyl sites for hydroxylation is 2. The Hall–Kier alpha value is -6.31. The molecule has 2 amide bonds. The zero-order valence-corrected chi connectivity index (χ0v) is 42.6. The van der Waals surface area contributed by atoms with E-state index in [1.165, 1.54) is 12.8 Å². The van der Waals surface area contributed by atoms with Crippen LogP contribution >= 0.6 is 0 Å². The van der Waals surface area contributed by atoms with Crippen LogP contribution in [0.1, 0.15) is 119 Å². The first-order valence-electron chi connectivity index (χ1n) is 25.8. The molecular weight excluding hydrogens is 917 g/mol. The second-order valence-corrected chi connectivity index (χ2v) is 21.9. The van der Waals surface area contributed by atoms with E-state index >= 15 is 0 Å². The molecule has 16 heteroatoms. The first kappa shape index (κ1) is 49.3. The van der Waals surface area contributed by atoms with Crippen LogP contribution in [0.2, 0.25) is 0 Å². The number of ether oxygens (including phenoxy) is 3. The van der Waals surface area contributed by atoms with E-state index in [1.54, 1.807) is 55.3 Å². The van der Waals surface area contributed by atoms with E-state index in [4.69, 9.17) is 19.3 Å². The molecule has 1 atom stereocenters. The highest BCUT2D eigenvalue weighted by molar-refractivity contribution is 6.11. The number of aromatic nitrogens is 2. The van der Waals surface area contributed by atoms with Gasteiger partial charge in [0.25, 0.3) is 12.3 Å². The number of nitriles is 1. The summed E-state index contributed by atoms with van der Waals surface area (Å²) in [4.78, 5) is 32.8. The Kier molecular flexibility index (Phi) is 13.4. The molecule has 4 aliphatic heterocycles. The van der Waals surface area contributed by atoms with Crippen molar-refractivity contribution in [3.8, 4) is 28.7 Å². The molecule has 5 heterocycles. The monoisotopic (exact) mass is 985 g/mol. The van der Waals surface area contributed by atoms with Crippen LogP contribution in [0.5, 0.6) is 11.5 Å². The number of carbonyl (C=O) groups is 2. The summed E-state index contributed by atoms with van der Waals surface area (Å²) in [5.74, 6) is 1.82. The molecule has 6 aliphatic rings. The van der Waals surface area contributed by atoms with E-state index in [-0.39, 0.29) is 58.6 Å². The molecule has 2 N–H and O–H groups in total. The number of amides is 2. The van der Waals surface area contributed by atoms with Crippen molar-refractivity contribution in [3.63, 3.8) is 0 Å². The summed E-state index contributed by atoms with van der Waals surface area (Å²) in [6, 6.07) is 19.0. The number of piperidine rings is 1. The van der Waals surface area contributed by atoms with Gasteiger partial charge in [0.15, 0.2) is 5.84 Å². The molecule has 2 saturated carbocycles. The number of hydrogen-bond acceptors (Lipinski definition) is 10. The van der Waals surface area contributed by atoms with Crippen molar-refractivity contribution in [1.82, 2.24) is 20.0 Å². The van der Waals surface area contributed by atoms with Crippen molar-refractivity contribution in [3.05, 3.63) is 101 Å². The van der Waals surface area contributed by atoms with Gasteiger partial charge < -0.3 is 34.2 Å². The lowest BCUT2D eigenvalue weighted by Crippen LogP contribution is -3.09. The largest absolute Gasteiger partial charge is 0.495 e. The lowest BCUT2D eigenvalue weighted by atomic mass is 9.49. The van der Waals surface area contributed by atoms with Crippen LogP contribution in [0, 0.1) is 22.2 Å². The van der Waals surface area contributed by atoms with Crippen molar-refractivity contribution < 1.29 is 37.6 Å². The first-order valence-corrected chi connectivity index (χ1v) is 25.8. The first-order chi connectivity index (χ1) is 34.5. The van der Waals surface area contributed by atoms with Gasteiger partial charge in [0.2, 0.25) is 5.91 Å². The van der Waals surface area contributed by atoms with Crippen LogP contribution < -0.4 is 29.6 Å². The second kappa shape index (κ2) is 19.6. The number of nitrogens with one attached hydrogen (secondary N) is 2.